The molecule has 0 bridgehead atoms. The molecule has 137 valence electrons. The lowest BCUT2D eigenvalue weighted by Crippen LogP contribution is -2.21. The average Bonchev–Trinajstić information content (AvgIpc) is 3.03. The van der Waals surface area contributed by atoms with Crippen molar-refractivity contribution in [2.45, 2.75) is 0 Å². The van der Waals surface area contributed by atoms with E-state index in [4.69, 9.17) is 0 Å². The number of nitrogens with zero attached hydrogens (tertiary/aromatic N) is 1. The van der Waals surface area contributed by atoms with Crippen molar-refractivity contribution in [2.75, 3.05) is 0 Å². The Balaban J connectivity index is 0.00000112. The first-order chi connectivity index (χ1) is 12.9. The Labute approximate surface area is 164 Å². The van der Waals surface area contributed by atoms with Crippen molar-refractivity contribution in [3.05, 3.63) is 103 Å². The van der Waals surface area contributed by atoms with Crippen molar-refractivity contribution in [2.24, 2.45) is 0 Å². The number of fused-ring (bicyclic) bond motifs is 3. The summed E-state index contributed by atoms with van der Waals surface area (Å²) in [7, 11) is 2.22. The van der Waals surface area contributed by atoms with Gasteiger partial charge >= 0.3 is 0 Å². The molecule has 0 spiro atoms. The molecule has 0 aliphatic heterocycles. The van der Waals surface area contributed by atoms with Crippen LogP contribution in [0.15, 0.2) is 103 Å². The smallest absolute Gasteiger partial charge is 0.290 e. The minimum absolute atomic E-state index is 0. The number of aromatic nitrogens is 1. The monoisotopic (exact) mass is 366 g/mol. The summed E-state index contributed by atoms with van der Waals surface area (Å²) in [4.78, 5) is 0. The summed E-state index contributed by atoms with van der Waals surface area (Å²) in [5, 5.41) is 2.57. The molecule has 0 atom stereocenters. The summed E-state index contributed by atoms with van der Waals surface area (Å²) >= 11 is 0. The maximum Gasteiger partial charge on any atom is 0.290 e. The molecule has 0 amide bonds. The van der Waals surface area contributed by atoms with Gasteiger partial charge in [-0.15, -0.1) is 0 Å². The van der Waals surface area contributed by atoms with Crippen molar-refractivity contribution in [3.8, 4) is 11.1 Å². The first kappa shape index (κ1) is 19.4. The summed E-state index contributed by atoms with van der Waals surface area (Å²) < 4.78 is 2.30. The lowest BCUT2D eigenvalue weighted by molar-refractivity contribution is 0.823. The highest BCUT2D eigenvalue weighted by molar-refractivity contribution is 6.54. The van der Waals surface area contributed by atoms with Gasteiger partial charge in [0.15, 0.2) is 0 Å². The molecule has 0 aliphatic rings. The molecule has 0 saturated carbocycles. The van der Waals surface area contributed by atoms with E-state index in [2.05, 4.69) is 115 Å². The van der Waals surface area contributed by atoms with Crippen LogP contribution in [0.3, 0.4) is 0 Å². The lowest BCUT2D eigenvalue weighted by Gasteiger charge is -2.07. The molecule has 0 fully saturated rings. The number of rotatable bonds is 3. The van der Waals surface area contributed by atoms with E-state index in [1.54, 1.807) is 0 Å². The van der Waals surface area contributed by atoms with Gasteiger partial charge in [0.2, 0.25) is 0 Å². The minimum atomic E-state index is 0. The highest BCUT2D eigenvalue weighted by Gasteiger charge is 2.12. The fraction of sp³-hybridized carbons (Fsp3) is 0. The fourth-order valence-corrected chi connectivity index (χ4v) is 3.64. The van der Waals surface area contributed by atoms with Crippen LogP contribution in [0.1, 0.15) is 0 Å². The summed E-state index contributed by atoms with van der Waals surface area (Å²) in [6.07, 6.45) is 0. The van der Waals surface area contributed by atoms with E-state index in [9.17, 15) is 0 Å². The Morgan fingerprint density at radius 3 is 1.86 bits per heavy atom. The van der Waals surface area contributed by atoms with Crippen molar-refractivity contribution < 1.29 is 11.0 Å². The number of para-hydroxylation sites is 1. The van der Waals surface area contributed by atoms with Gasteiger partial charge in [0.25, 0.3) is 7.41 Å². The lowest BCUT2D eigenvalue weighted by atomic mass is 9.82. The molecule has 5 rings (SSSR count). The number of hydrogen-bond acceptors (Lipinski definition) is 0. The third kappa shape index (κ3) is 3.31. The van der Waals surface area contributed by atoms with Crippen molar-refractivity contribution in [3.63, 3.8) is 0 Å². The van der Waals surface area contributed by atoms with Crippen LogP contribution in [-0.4, -0.2) is 22.8 Å². The van der Waals surface area contributed by atoms with Crippen LogP contribution in [0.4, 0.5) is 0 Å². The molecule has 3 nitrogen and oxygen atoms in total. The van der Waals surface area contributed by atoms with Crippen LogP contribution in [0.5, 0.6) is 0 Å². The Hall–Kier alpha value is -3.34. The molecular weight excluding hydrogens is 345 g/mol. The van der Waals surface area contributed by atoms with E-state index in [0.29, 0.717) is 0 Å². The highest BCUT2D eigenvalue weighted by Crippen LogP contribution is 2.32. The Morgan fingerprint density at radius 2 is 1.11 bits per heavy atom. The minimum Gasteiger partial charge on any atom is -0.412 e. The molecule has 5 aromatic rings. The maximum absolute atomic E-state index is 2.31. The second kappa shape index (κ2) is 8.13. The van der Waals surface area contributed by atoms with E-state index < -0.39 is 0 Å². The predicted octanol–water partition coefficient (Wildman–Crippen LogP) is 3.60. The maximum atomic E-state index is 2.31. The van der Waals surface area contributed by atoms with Crippen LogP contribution >= 0.6 is 0 Å². The van der Waals surface area contributed by atoms with Gasteiger partial charge < -0.3 is 15.4 Å². The molecular formula is C24H21BNO2. The molecule has 4 N–H and O–H groups in total. The SMILES string of the molecule is O.O.[B](c1ccccc1)n1c2ccccc2c2cc(-c3ccccc3)ccc21. The Kier molecular flexibility index (Phi) is 5.64. The second-order valence-corrected chi connectivity index (χ2v) is 6.52. The largest absolute Gasteiger partial charge is 0.412 e. The van der Waals surface area contributed by atoms with Gasteiger partial charge in [-0.3, -0.25) is 0 Å². The van der Waals surface area contributed by atoms with E-state index in [1.807, 2.05) is 0 Å². The van der Waals surface area contributed by atoms with Crippen molar-refractivity contribution in [1.29, 1.82) is 0 Å². The molecule has 0 aliphatic carbocycles. The molecule has 0 saturated heterocycles. The third-order valence-electron chi connectivity index (χ3n) is 4.89. The fourth-order valence-electron chi connectivity index (χ4n) is 3.64. The first-order valence-corrected chi connectivity index (χ1v) is 8.88. The zero-order valence-corrected chi connectivity index (χ0v) is 15.3. The standard InChI is InChI=1S/C24H17BN.2H2O/c1-3-9-18(10-4-1)19-15-16-24-22(17-19)21-13-7-8-14-23(21)26(24)25-20-11-5-2-6-12-20;;/h1-17H;2*1H2. The second-order valence-electron chi connectivity index (χ2n) is 6.52. The van der Waals surface area contributed by atoms with Crippen molar-refractivity contribution in [1.82, 2.24) is 4.48 Å². The number of hydrogen-bond donors (Lipinski definition) is 0. The van der Waals surface area contributed by atoms with E-state index in [0.717, 1.165) is 0 Å². The van der Waals surface area contributed by atoms with Crippen LogP contribution in [-0.2, 0) is 0 Å². The molecule has 1 radical (unpaired) electrons. The zero-order valence-electron chi connectivity index (χ0n) is 15.3. The topological polar surface area (TPSA) is 67.9 Å². The molecule has 4 aromatic carbocycles. The first-order valence-electron chi connectivity index (χ1n) is 8.88. The van der Waals surface area contributed by atoms with Gasteiger partial charge in [0, 0.05) is 21.8 Å². The van der Waals surface area contributed by atoms with Gasteiger partial charge in [-0.1, -0.05) is 90.4 Å². The quantitative estimate of drug-likeness (QED) is 0.438. The van der Waals surface area contributed by atoms with Gasteiger partial charge in [-0.25, -0.2) is 0 Å². The zero-order chi connectivity index (χ0) is 17.3. The molecule has 4 heteroatoms. The van der Waals surface area contributed by atoms with Crippen LogP contribution < -0.4 is 5.46 Å². The summed E-state index contributed by atoms with van der Waals surface area (Å²) in [5.41, 5.74) is 6.16. The van der Waals surface area contributed by atoms with Crippen LogP contribution in [0.25, 0.3) is 32.9 Å². The average molecular weight is 366 g/mol. The van der Waals surface area contributed by atoms with E-state index in [1.165, 1.54) is 38.4 Å². The predicted molar refractivity (Wildman–Crippen MR) is 119 cm³/mol. The summed E-state index contributed by atoms with van der Waals surface area (Å²) in [6.45, 7) is 0. The highest BCUT2D eigenvalue weighted by atomic mass is 16.0. The molecule has 0 unspecified atom stereocenters. The molecule has 1 heterocycles. The van der Waals surface area contributed by atoms with Gasteiger partial charge in [-0.2, -0.15) is 0 Å². The van der Waals surface area contributed by atoms with Crippen LogP contribution in [0, 0.1) is 0 Å². The van der Waals surface area contributed by atoms with Gasteiger partial charge in [0.05, 0.1) is 0 Å². The van der Waals surface area contributed by atoms with Gasteiger partial charge in [0.1, 0.15) is 0 Å². The number of benzene rings is 4. The van der Waals surface area contributed by atoms with Crippen LogP contribution in [0.2, 0.25) is 0 Å². The molecule has 28 heavy (non-hydrogen) atoms. The Morgan fingerprint density at radius 1 is 0.500 bits per heavy atom. The Bertz CT molecular complexity index is 1200. The van der Waals surface area contributed by atoms with E-state index >= 15 is 0 Å². The summed E-state index contributed by atoms with van der Waals surface area (Å²) in [6, 6.07) is 36.4. The van der Waals surface area contributed by atoms with E-state index in [-0.39, 0.29) is 11.0 Å². The summed E-state index contributed by atoms with van der Waals surface area (Å²) in [5.74, 6) is 0. The molecule has 1 aromatic heterocycles. The third-order valence-corrected chi connectivity index (χ3v) is 4.89. The van der Waals surface area contributed by atoms with Gasteiger partial charge in [-0.05, 0) is 29.3 Å². The van der Waals surface area contributed by atoms with Crippen molar-refractivity contribution >= 4 is 34.7 Å². The normalized spacial score (nSPS) is 10.3.